The van der Waals surface area contributed by atoms with E-state index in [1.807, 2.05) is 6.07 Å². The molecule has 1 heterocycles. The van der Waals surface area contributed by atoms with Crippen molar-refractivity contribution < 1.29 is 23.9 Å². The second kappa shape index (κ2) is 6.09. The summed E-state index contributed by atoms with van der Waals surface area (Å²) in [7, 11) is 1.48. The Balaban J connectivity index is 2.23. The number of Topliss-reactive ketones (excluding diaryl/α,β-unsaturated/α-hetero) is 2. The van der Waals surface area contributed by atoms with Crippen molar-refractivity contribution in [2.75, 3.05) is 19.5 Å². The van der Waals surface area contributed by atoms with Crippen molar-refractivity contribution >= 4 is 29.3 Å². The van der Waals surface area contributed by atoms with E-state index >= 15 is 0 Å². The van der Waals surface area contributed by atoms with E-state index in [1.165, 1.54) is 25.8 Å². The van der Waals surface area contributed by atoms with Crippen molar-refractivity contribution in [3.8, 4) is 5.75 Å². The third kappa shape index (κ3) is 2.85. The number of methoxy groups -OCH3 is 1. The van der Waals surface area contributed by atoms with Crippen molar-refractivity contribution in [3.63, 3.8) is 0 Å². The fraction of sp³-hybridized carbons (Fsp3) is 0.357. The molecule has 106 valence electrons. The summed E-state index contributed by atoms with van der Waals surface area (Å²) in [5.41, 5.74) is 0.437. The van der Waals surface area contributed by atoms with Gasteiger partial charge in [-0.3, -0.25) is 14.4 Å². The first-order chi connectivity index (χ1) is 9.54. The van der Waals surface area contributed by atoms with Crippen LogP contribution >= 0.6 is 11.8 Å². The van der Waals surface area contributed by atoms with Gasteiger partial charge in [-0.05, 0) is 12.1 Å². The number of carbonyl (C=O) groups is 3. The largest absolute Gasteiger partial charge is 0.496 e. The third-order valence-corrected chi connectivity index (χ3v) is 4.13. The molecule has 1 atom stereocenters. The molecular formula is C14H14O5S. The first-order valence-corrected chi connectivity index (χ1v) is 7.03. The van der Waals surface area contributed by atoms with Crippen LogP contribution in [0.3, 0.4) is 0 Å². The van der Waals surface area contributed by atoms with E-state index in [0.717, 1.165) is 4.90 Å². The van der Waals surface area contributed by atoms with Crippen LogP contribution in [-0.2, 0) is 14.3 Å². The van der Waals surface area contributed by atoms with Crippen molar-refractivity contribution in [3.05, 3.63) is 23.8 Å². The van der Waals surface area contributed by atoms with E-state index in [2.05, 4.69) is 4.74 Å². The lowest BCUT2D eigenvalue weighted by molar-refractivity contribution is -0.146. The van der Waals surface area contributed by atoms with Gasteiger partial charge in [-0.2, -0.15) is 0 Å². The van der Waals surface area contributed by atoms with Gasteiger partial charge in [-0.25, -0.2) is 0 Å². The number of ether oxygens (including phenoxy) is 2. The average molecular weight is 294 g/mol. The zero-order chi connectivity index (χ0) is 14.7. The molecule has 1 aliphatic heterocycles. The Morgan fingerprint density at radius 1 is 1.40 bits per heavy atom. The van der Waals surface area contributed by atoms with Crippen molar-refractivity contribution in [1.82, 2.24) is 0 Å². The molecule has 1 aliphatic rings. The molecule has 20 heavy (non-hydrogen) atoms. The topological polar surface area (TPSA) is 69.7 Å². The molecule has 0 aromatic heterocycles. The van der Waals surface area contributed by atoms with Gasteiger partial charge in [0, 0.05) is 17.6 Å². The van der Waals surface area contributed by atoms with Gasteiger partial charge in [0.15, 0.2) is 18.2 Å². The number of esters is 1. The number of benzene rings is 1. The molecule has 0 spiro atoms. The van der Waals surface area contributed by atoms with E-state index in [-0.39, 0.29) is 18.2 Å². The number of ketones is 2. The summed E-state index contributed by atoms with van der Waals surface area (Å²) in [6, 6.07) is 5.32. The minimum absolute atomic E-state index is 0.270. The molecule has 1 unspecified atom stereocenters. The molecule has 6 heteroatoms. The van der Waals surface area contributed by atoms with E-state index in [0.29, 0.717) is 17.1 Å². The van der Waals surface area contributed by atoms with Crippen LogP contribution in [-0.4, -0.2) is 37.0 Å². The van der Waals surface area contributed by atoms with E-state index < -0.39 is 11.9 Å². The lowest BCUT2D eigenvalue weighted by atomic mass is 9.94. The summed E-state index contributed by atoms with van der Waals surface area (Å²) in [5.74, 6) is -1.15. The molecule has 0 saturated heterocycles. The molecule has 0 aliphatic carbocycles. The van der Waals surface area contributed by atoms with Crippen molar-refractivity contribution in [1.29, 1.82) is 0 Å². The number of hydrogen-bond donors (Lipinski definition) is 0. The highest BCUT2D eigenvalue weighted by Crippen LogP contribution is 2.38. The second-order valence-corrected chi connectivity index (χ2v) is 5.37. The van der Waals surface area contributed by atoms with Crippen LogP contribution < -0.4 is 4.74 Å². The van der Waals surface area contributed by atoms with Crippen LogP contribution in [0, 0.1) is 5.92 Å². The van der Waals surface area contributed by atoms with Gasteiger partial charge < -0.3 is 9.47 Å². The highest BCUT2D eigenvalue weighted by Gasteiger charge is 2.35. The molecule has 0 radical (unpaired) electrons. The fourth-order valence-corrected chi connectivity index (χ4v) is 3.18. The standard InChI is InChI=1S/C14H14O5S/c1-8(15)19-6-10(16)9-7-20-12-5-3-4-11(18-2)13(12)14(9)17/h3-5,9H,6-7H2,1-2H3. The van der Waals surface area contributed by atoms with Crippen molar-refractivity contribution in [2.24, 2.45) is 5.92 Å². The summed E-state index contributed by atoms with van der Waals surface area (Å²) in [6.07, 6.45) is 0. The van der Waals surface area contributed by atoms with Crippen LogP contribution in [0.1, 0.15) is 17.3 Å². The maximum absolute atomic E-state index is 12.4. The normalized spacial score (nSPS) is 17.3. The van der Waals surface area contributed by atoms with Gasteiger partial charge in [0.05, 0.1) is 18.6 Å². The Labute approximate surface area is 120 Å². The van der Waals surface area contributed by atoms with Gasteiger partial charge in [-0.15, -0.1) is 11.8 Å². The predicted octanol–water partition coefficient (Wildman–Crippen LogP) is 1.73. The molecule has 1 aromatic carbocycles. The Hall–Kier alpha value is -1.82. The molecule has 0 fully saturated rings. The second-order valence-electron chi connectivity index (χ2n) is 4.31. The van der Waals surface area contributed by atoms with E-state index in [4.69, 9.17) is 4.74 Å². The van der Waals surface area contributed by atoms with E-state index in [9.17, 15) is 14.4 Å². The molecule has 0 bridgehead atoms. The van der Waals surface area contributed by atoms with E-state index in [1.54, 1.807) is 12.1 Å². The van der Waals surface area contributed by atoms with Gasteiger partial charge in [-0.1, -0.05) is 6.07 Å². The summed E-state index contributed by atoms with van der Waals surface area (Å²) >= 11 is 1.43. The minimum Gasteiger partial charge on any atom is -0.496 e. The van der Waals surface area contributed by atoms with Crippen LogP contribution in [0.15, 0.2) is 23.1 Å². The number of carbonyl (C=O) groups excluding carboxylic acids is 3. The van der Waals surface area contributed by atoms with Crippen LogP contribution in [0.2, 0.25) is 0 Å². The number of thioether (sulfide) groups is 1. The third-order valence-electron chi connectivity index (χ3n) is 2.98. The maximum atomic E-state index is 12.4. The van der Waals surface area contributed by atoms with Crippen LogP contribution in [0.25, 0.3) is 0 Å². The van der Waals surface area contributed by atoms with Crippen molar-refractivity contribution in [2.45, 2.75) is 11.8 Å². The fourth-order valence-electron chi connectivity index (χ4n) is 1.98. The Kier molecular flexibility index (Phi) is 4.44. The Morgan fingerprint density at radius 2 is 2.15 bits per heavy atom. The molecule has 0 N–H and O–H groups in total. The van der Waals surface area contributed by atoms with Gasteiger partial charge >= 0.3 is 5.97 Å². The molecule has 0 saturated carbocycles. The summed E-state index contributed by atoms with van der Waals surface area (Å²) < 4.78 is 9.85. The zero-order valence-corrected chi connectivity index (χ0v) is 12.0. The number of fused-ring (bicyclic) bond motifs is 1. The predicted molar refractivity (Wildman–Crippen MR) is 73.2 cm³/mol. The van der Waals surface area contributed by atoms with Crippen LogP contribution in [0.4, 0.5) is 0 Å². The quantitative estimate of drug-likeness (QED) is 0.622. The van der Waals surface area contributed by atoms with Crippen LogP contribution in [0.5, 0.6) is 5.75 Å². The number of rotatable bonds is 4. The Bertz CT molecular complexity index is 552. The molecule has 1 aromatic rings. The van der Waals surface area contributed by atoms with Gasteiger partial charge in [0.25, 0.3) is 0 Å². The SMILES string of the molecule is COc1cccc2c1C(=O)C(C(=O)COC(C)=O)CS2. The maximum Gasteiger partial charge on any atom is 0.303 e. The zero-order valence-electron chi connectivity index (χ0n) is 11.2. The first-order valence-electron chi connectivity index (χ1n) is 6.04. The monoisotopic (exact) mass is 294 g/mol. The van der Waals surface area contributed by atoms with Gasteiger partial charge in [0.2, 0.25) is 0 Å². The molecule has 0 amide bonds. The molecular weight excluding hydrogens is 280 g/mol. The summed E-state index contributed by atoms with van der Waals surface area (Å²) in [6.45, 7) is 0.861. The highest BCUT2D eigenvalue weighted by molar-refractivity contribution is 7.99. The lowest BCUT2D eigenvalue weighted by Gasteiger charge is -2.23. The highest BCUT2D eigenvalue weighted by atomic mass is 32.2. The smallest absolute Gasteiger partial charge is 0.303 e. The molecule has 5 nitrogen and oxygen atoms in total. The minimum atomic E-state index is -0.789. The summed E-state index contributed by atoms with van der Waals surface area (Å²) in [5, 5.41) is 0. The summed E-state index contributed by atoms with van der Waals surface area (Å²) in [4.78, 5) is 35.9. The average Bonchev–Trinajstić information content (AvgIpc) is 2.44. The lowest BCUT2D eigenvalue weighted by Crippen LogP contribution is -2.33. The van der Waals surface area contributed by atoms with Gasteiger partial charge in [0.1, 0.15) is 5.75 Å². The molecule has 2 rings (SSSR count). The number of hydrogen-bond acceptors (Lipinski definition) is 6. The Morgan fingerprint density at radius 3 is 2.80 bits per heavy atom. The first kappa shape index (κ1) is 14.6.